The predicted octanol–water partition coefficient (Wildman–Crippen LogP) is 4.06. The summed E-state index contributed by atoms with van der Waals surface area (Å²) < 4.78 is 0. The molecule has 0 radical (unpaired) electrons. The molecule has 0 saturated carbocycles. The Morgan fingerprint density at radius 1 is 1.00 bits per heavy atom. The molecule has 0 aliphatic carbocycles. The third-order valence-corrected chi connectivity index (χ3v) is 1.59. The lowest BCUT2D eigenvalue weighted by Crippen LogP contribution is -1.86. The van der Waals surface area contributed by atoms with Crippen molar-refractivity contribution in [3.8, 4) is 0 Å². The highest BCUT2D eigenvalue weighted by Gasteiger charge is 1.93. The number of hydrogen-bond acceptors (Lipinski definition) is 1. The van der Waals surface area contributed by atoms with E-state index >= 15 is 0 Å². The maximum absolute atomic E-state index is 5.70. The van der Waals surface area contributed by atoms with Gasteiger partial charge >= 0.3 is 0 Å². The summed E-state index contributed by atoms with van der Waals surface area (Å²) in [6.45, 7) is 4.00. The number of anilines is 1. The number of benzene rings is 1. The van der Waals surface area contributed by atoms with Gasteiger partial charge < -0.3 is 5.32 Å². The molecular formula is C9H13Cl2N. The fourth-order valence-corrected chi connectivity index (χ4v) is 1.22. The molecule has 0 saturated heterocycles. The van der Waals surface area contributed by atoms with Crippen LogP contribution >= 0.6 is 23.2 Å². The molecule has 0 spiro atoms. The second-order valence-electron chi connectivity index (χ2n) is 1.91. The van der Waals surface area contributed by atoms with E-state index in [1.54, 1.807) is 6.07 Å². The Bertz CT molecular complexity index is 216. The minimum absolute atomic E-state index is 0.650. The molecule has 3 heteroatoms. The van der Waals surface area contributed by atoms with Crippen LogP contribution in [0.4, 0.5) is 5.69 Å². The van der Waals surface area contributed by atoms with Crippen molar-refractivity contribution in [1.82, 2.24) is 0 Å². The average Bonchev–Trinajstić information content (AvgIpc) is 2.06. The van der Waals surface area contributed by atoms with Gasteiger partial charge in [0.1, 0.15) is 0 Å². The zero-order valence-corrected chi connectivity index (χ0v) is 9.00. The number of halogens is 2. The zero-order valence-electron chi connectivity index (χ0n) is 7.49. The molecule has 0 unspecified atom stereocenters. The molecule has 1 aromatic rings. The largest absolute Gasteiger partial charge is 0.388 e. The fourth-order valence-electron chi connectivity index (χ4n) is 0.698. The summed E-state index contributed by atoms with van der Waals surface area (Å²) in [6, 6.07) is 5.32. The van der Waals surface area contributed by atoms with Gasteiger partial charge in [-0.2, -0.15) is 0 Å². The van der Waals surface area contributed by atoms with Gasteiger partial charge in [0.2, 0.25) is 0 Å². The Labute approximate surface area is 83.7 Å². The van der Waals surface area contributed by atoms with Crippen LogP contribution < -0.4 is 5.32 Å². The maximum Gasteiger partial charge on any atom is 0.0441 e. The van der Waals surface area contributed by atoms with E-state index in [-0.39, 0.29) is 0 Å². The summed E-state index contributed by atoms with van der Waals surface area (Å²) in [6.07, 6.45) is 0. The smallest absolute Gasteiger partial charge is 0.0441 e. The molecule has 0 aliphatic rings. The third-order valence-electron chi connectivity index (χ3n) is 1.15. The molecule has 1 nitrogen and oxygen atoms in total. The maximum atomic E-state index is 5.70. The molecule has 0 heterocycles. The molecule has 1 N–H and O–H groups in total. The van der Waals surface area contributed by atoms with Crippen LogP contribution in [-0.4, -0.2) is 7.05 Å². The van der Waals surface area contributed by atoms with Gasteiger partial charge in [-0.25, -0.2) is 0 Å². The van der Waals surface area contributed by atoms with E-state index in [4.69, 9.17) is 23.2 Å². The second-order valence-corrected chi connectivity index (χ2v) is 2.78. The van der Waals surface area contributed by atoms with E-state index < -0.39 is 0 Å². The van der Waals surface area contributed by atoms with E-state index in [0.29, 0.717) is 10.0 Å². The van der Waals surface area contributed by atoms with Gasteiger partial charge in [0, 0.05) is 22.8 Å². The highest BCUT2D eigenvalue weighted by Crippen LogP contribution is 2.21. The predicted molar refractivity (Wildman–Crippen MR) is 57.4 cm³/mol. The van der Waals surface area contributed by atoms with Gasteiger partial charge in [0.25, 0.3) is 0 Å². The Morgan fingerprint density at radius 2 is 1.42 bits per heavy atom. The van der Waals surface area contributed by atoms with Gasteiger partial charge in [-0.1, -0.05) is 37.0 Å². The fraction of sp³-hybridized carbons (Fsp3) is 0.333. The van der Waals surface area contributed by atoms with Gasteiger partial charge in [0.05, 0.1) is 0 Å². The first-order valence-corrected chi connectivity index (χ1v) is 4.62. The molecule has 0 aromatic heterocycles. The molecule has 12 heavy (non-hydrogen) atoms. The van der Waals surface area contributed by atoms with Crippen LogP contribution in [0.15, 0.2) is 18.2 Å². The molecule has 0 fully saturated rings. The van der Waals surface area contributed by atoms with Crippen molar-refractivity contribution in [3.63, 3.8) is 0 Å². The molecule has 0 aliphatic heterocycles. The summed E-state index contributed by atoms with van der Waals surface area (Å²) in [5.41, 5.74) is 0.928. The van der Waals surface area contributed by atoms with Crippen LogP contribution in [0.2, 0.25) is 10.0 Å². The van der Waals surface area contributed by atoms with Gasteiger partial charge in [0.15, 0.2) is 0 Å². The Hall–Kier alpha value is -0.400. The minimum Gasteiger partial charge on any atom is -0.388 e. The lowest BCUT2D eigenvalue weighted by atomic mass is 10.3. The van der Waals surface area contributed by atoms with Crippen LogP contribution in [0.25, 0.3) is 0 Å². The Balaban J connectivity index is 0.000000561. The zero-order chi connectivity index (χ0) is 9.56. The summed E-state index contributed by atoms with van der Waals surface area (Å²) in [4.78, 5) is 0. The third kappa shape index (κ3) is 3.84. The van der Waals surface area contributed by atoms with Crippen LogP contribution in [-0.2, 0) is 0 Å². The van der Waals surface area contributed by atoms with Crippen molar-refractivity contribution in [2.75, 3.05) is 12.4 Å². The average molecular weight is 206 g/mol. The summed E-state index contributed by atoms with van der Waals surface area (Å²) >= 11 is 11.4. The molecule has 0 atom stereocenters. The van der Waals surface area contributed by atoms with E-state index in [1.165, 1.54) is 0 Å². The first-order chi connectivity index (χ1) is 5.72. The standard InChI is InChI=1S/C7H7Cl2N.C2H6/c1-10-7-3-5(8)2-6(9)4-7;1-2/h2-4,10H,1H3;1-2H3. The van der Waals surface area contributed by atoms with Crippen molar-refractivity contribution < 1.29 is 0 Å². The molecule has 0 amide bonds. The van der Waals surface area contributed by atoms with E-state index in [0.717, 1.165) is 5.69 Å². The molecular weight excluding hydrogens is 193 g/mol. The normalized spacial score (nSPS) is 8.42. The van der Waals surface area contributed by atoms with Crippen molar-refractivity contribution in [3.05, 3.63) is 28.2 Å². The number of hydrogen-bond donors (Lipinski definition) is 1. The molecule has 1 rings (SSSR count). The van der Waals surface area contributed by atoms with Crippen molar-refractivity contribution >= 4 is 28.9 Å². The second kappa shape index (κ2) is 6.15. The first-order valence-electron chi connectivity index (χ1n) is 3.86. The topological polar surface area (TPSA) is 12.0 Å². The summed E-state index contributed by atoms with van der Waals surface area (Å²) in [7, 11) is 1.82. The lowest BCUT2D eigenvalue weighted by Gasteiger charge is -1.99. The summed E-state index contributed by atoms with van der Waals surface area (Å²) in [5, 5.41) is 4.24. The van der Waals surface area contributed by atoms with Crippen LogP contribution in [0, 0.1) is 0 Å². The van der Waals surface area contributed by atoms with Crippen LogP contribution in [0.5, 0.6) is 0 Å². The SMILES string of the molecule is CC.CNc1cc(Cl)cc(Cl)c1. The van der Waals surface area contributed by atoms with E-state index in [9.17, 15) is 0 Å². The van der Waals surface area contributed by atoms with E-state index in [1.807, 2.05) is 33.0 Å². The summed E-state index contributed by atoms with van der Waals surface area (Å²) in [5.74, 6) is 0. The minimum atomic E-state index is 0.650. The van der Waals surface area contributed by atoms with Gasteiger partial charge in [-0.15, -0.1) is 0 Å². The Kier molecular flexibility index (Phi) is 5.95. The van der Waals surface area contributed by atoms with Crippen molar-refractivity contribution in [2.45, 2.75) is 13.8 Å². The molecule has 1 aromatic carbocycles. The lowest BCUT2D eigenvalue weighted by molar-refractivity contribution is 1.50. The molecule has 68 valence electrons. The molecule has 0 bridgehead atoms. The van der Waals surface area contributed by atoms with Gasteiger partial charge in [-0.05, 0) is 18.2 Å². The number of nitrogens with one attached hydrogen (secondary N) is 1. The van der Waals surface area contributed by atoms with Crippen molar-refractivity contribution in [1.29, 1.82) is 0 Å². The van der Waals surface area contributed by atoms with E-state index in [2.05, 4.69) is 5.32 Å². The first kappa shape index (κ1) is 11.6. The van der Waals surface area contributed by atoms with Crippen LogP contribution in [0.3, 0.4) is 0 Å². The highest BCUT2D eigenvalue weighted by molar-refractivity contribution is 6.35. The number of rotatable bonds is 1. The van der Waals surface area contributed by atoms with Crippen molar-refractivity contribution in [2.24, 2.45) is 0 Å². The highest BCUT2D eigenvalue weighted by atomic mass is 35.5. The quantitative estimate of drug-likeness (QED) is 0.730. The van der Waals surface area contributed by atoms with Gasteiger partial charge in [-0.3, -0.25) is 0 Å². The van der Waals surface area contributed by atoms with Crippen LogP contribution in [0.1, 0.15) is 13.8 Å². The monoisotopic (exact) mass is 205 g/mol. The Morgan fingerprint density at radius 3 is 1.75 bits per heavy atom.